The lowest BCUT2D eigenvalue weighted by Crippen LogP contribution is -2.54. The van der Waals surface area contributed by atoms with Gasteiger partial charge in [0.1, 0.15) is 11.9 Å². The van der Waals surface area contributed by atoms with Crippen LogP contribution in [-0.2, 0) is 14.0 Å². The summed E-state index contributed by atoms with van der Waals surface area (Å²) in [6, 6.07) is 0. The zero-order chi connectivity index (χ0) is 18.0. The molecular formula is C18H30O5Si. The quantitative estimate of drug-likeness (QED) is 0.588. The Kier molecular flexibility index (Phi) is 4.17. The van der Waals surface area contributed by atoms with Gasteiger partial charge in [-0.2, -0.15) is 0 Å². The van der Waals surface area contributed by atoms with Crippen LogP contribution in [0.15, 0.2) is 11.3 Å². The Labute approximate surface area is 145 Å². The summed E-state index contributed by atoms with van der Waals surface area (Å²) in [5.41, 5.74) is 0.396. The summed E-state index contributed by atoms with van der Waals surface area (Å²) in [4.78, 5) is 12.2. The van der Waals surface area contributed by atoms with Gasteiger partial charge < -0.3 is 19.4 Å². The van der Waals surface area contributed by atoms with Crippen LogP contribution >= 0.6 is 0 Å². The minimum Gasteiger partial charge on any atom is -0.512 e. The molecule has 2 N–H and O–H groups in total. The summed E-state index contributed by atoms with van der Waals surface area (Å²) in [6.45, 7) is 13.1. The van der Waals surface area contributed by atoms with Gasteiger partial charge in [0.25, 0.3) is 0 Å². The summed E-state index contributed by atoms with van der Waals surface area (Å²) in [6.07, 6.45) is -0.130. The van der Waals surface area contributed by atoms with Gasteiger partial charge in [-0.1, -0.05) is 27.7 Å². The summed E-state index contributed by atoms with van der Waals surface area (Å²) in [5.74, 6) is -0.639. The van der Waals surface area contributed by atoms with Gasteiger partial charge in [-0.25, -0.2) is 4.79 Å². The Bertz CT molecular complexity index is 576. The molecule has 3 rings (SSSR count). The minimum absolute atomic E-state index is 0.00668. The van der Waals surface area contributed by atoms with E-state index in [9.17, 15) is 15.0 Å². The van der Waals surface area contributed by atoms with Gasteiger partial charge in [0, 0.05) is 18.3 Å². The number of hydrogen-bond acceptors (Lipinski definition) is 5. The van der Waals surface area contributed by atoms with Crippen LogP contribution in [0.25, 0.3) is 0 Å². The third-order valence-electron chi connectivity index (χ3n) is 6.68. The van der Waals surface area contributed by atoms with Crippen LogP contribution in [0.5, 0.6) is 0 Å². The van der Waals surface area contributed by atoms with E-state index in [2.05, 4.69) is 40.8 Å². The second kappa shape index (κ2) is 5.58. The van der Waals surface area contributed by atoms with E-state index in [1.807, 2.05) is 0 Å². The normalized spacial score (nSPS) is 39.7. The molecule has 2 fully saturated rings. The Morgan fingerprint density at radius 3 is 2.50 bits per heavy atom. The molecule has 136 valence electrons. The van der Waals surface area contributed by atoms with Crippen molar-refractivity contribution in [3.05, 3.63) is 11.3 Å². The lowest BCUT2D eigenvalue weighted by Gasteiger charge is -2.48. The number of aliphatic hydroxyl groups excluding tert-OH is 2. The van der Waals surface area contributed by atoms with Crippen LogP contribution < -0.4 is 0 Å². The molecule has 1 heterocycles. The highest BCUT2D eigenvalue weighted by molar-refractivity contribution is 6.74. The van der Waals surface area contributed by atoms with E-state index in [0.717, 1.165) is 0 Å². The van der Waals surface area contributed by atoms with E-state index in [0.29, 0.717) is 12.0 Å². The van der Waals surface area contributed by atoms with Gasteiger partial charge in [-0.05, 0) is 30.5 Å². The van der Waals surface area contributed by atoms with Crippen molar-refractivity contribution < 1.29 is 24.2 Å². The Hall–Kier alpha value is -0.853. The average Bonchev–Trinajstić information content (AvgIpc) is 2.77. The number of aliphatic hydroxyl groups is 2. The standard InChI is InChI=1S/C18H30O5Si/c1-9-13(23-24(5,6)18(2,3)4)7-10-11(19)8-12(20)15-14(10)16(9)22-17(15)21/h9-11,13-14,16,19-20H,7-8H2,1-6H3/t9-,10+,11-,13+,14+,16?/m0/s1. The number of ether oxygens (including phenoxy) is 1. The molecule has 24 heavy (non-hydrogen) atoms. The van der Waals surface area contributed by atoms with Crippen LogP contribution in [0.1, 0.15) is 40.5 Å². The molecule has 0 aromatic rings. The van der Waals surface area contributed by atoms with Gasteiger partial charge in [-0.3, -0.25) is 0 Å². The molecule has 3 aliphatic rings. The highest BCUT2D eigenvalue weighted by Gasteiger charge is 2.58. The van der Waals surface area contributed by atoms with Crippen molar-refractivity contribution >= 4 is 14.3 Å². The van der Waals surface area contributed by atoms with Crippen molar-refractivity contribution in [2.24, 2.45) is 17.8 Å². The second-order valence-electron chi connectivity index (χ2n) is 9.20. The van der Waals surface area contributed by atoms with Crippen molar-refractivity contribution in [3.63, 3.8) is 0 Å². The molecule has 5 nitrogen and oxygen atoms in total. The van der Waals surface area contributed by atoms with Crippen molar-refractivity contribution in [1.29, 1.82) is 0 Å². The van der Waals surface area contributed by atoms with Crippen molar-refractivity contribution in [2.45, 2.75) is 77.0 Å². The van der Waals surface area contributed by atoms with Gasteiger partial charge in [0.2, 0.25) is 0 Å². The monoisotopic (exact) mass is 354 g/mol. The fourth-order valence-electron chi connectivity index (χ4n) is 4.17. The fourth-order valence-corrected chi connectivity index (χ4v) is 5.59. The van der Waals surface area contributed by atoms with Crippen molar-refractivity contribution in [1.82, 2.24) is 0 Å². The summed E-state index contributed by atoms with van der Waals surface area (Å²) in [7, 11) is -1.96. The number of carbonyl (C=O) groups is 1. The number of hydrogen-bond donors (Lipinski definition) is 2. The largest absolute Gasteiger partial charge is 0.512 e. The second-order valence-corrected chi connectivity index (χ2v) is 14.0. The first-order valence-corrected chi connectivity index (χ1v) is 11.8. The number of carbonyl (C=O) groups excluding carboxylic acids is 1. The Morgan fingerprint density at radius 1 is 1.29 bits per heavy atom. The predicted octanol–water partition coefficient (Wildman–Crippen LogP) is 3.15. The maximum absolute atomic E-state index is 12.2. The topological polar surface area (TPSA) is 76.0 Å². The molecule has 1 saturated heterocycles. The lowest BCUT2D eigenvalue weighted by atomic mass is 9.64. The summed E-state index contributed by atoms with van der Waals surface area (Å²) >= 11 is 0. The third kappa shape index (κ3) is 2.63. The predicted molar refractivity (Wildman–Crippen MR) is 93.0 cm³/mol. The molecule has 0 amide bonds. The van der Waals surface area contributed by atoms with E-state index in [1.54, 1.807) is 0 Å². The molecule has 1 unspecified atom stereocenters. The van der Waals surface area contributed by atoms with Crippen molar-refractivity contribution in [3.8, 4) is 0 Å². The zero-order valence-electron chi connectivity index (χ0n) is 15.5. The number of esters is 1. The average molecular weight is 355 g/mol. The first-order chi connectivity index (χ1) is 10.9. The first-order valence-electron chi connectivity index (χ1n) is 8.93. The molecule has 6 heteroatoms. The van der Waals surface area contributed by atoms with Crippen LogP contribution in [0.4, 0.5) is 0 Å². The molecule has 0 radical (unpaired) electrons. The molecule has 0 aromatic heterocycles. The van der Waals surface area contributed by atoms with Crippen LogP contribution in [0, 0.1) is 17.8 Å². The number of rotatable bonds is 2. The molecule has 2 aliphatic carbocycles. The lowest BCUT2D eigenvalue weighted by molar-refractivity contribution is -0.146. The van der Waals surface area contributed by atoms with Crippen LogP contribution in [0.3, 0.4) is 0 Å². The van der Waals surface area contributed by atoms with E-state index in [4.69, 9.17) is 9.16 Å². The smallest absolute Gasteiger partial charge is 0.338 e. The van der Waals surface area contributed by atoms with E-state index >= 15 is 0 Å². The first kappa shape index (κ1) is 18.0. The summed E-state index contributed by atoms with van der Waals surface area (Å²) in [5, 5.41) is 20.7. The highest BCUT2D eigenvalue weighted by Crippen LogP contribution is 2.52. The molecular weight excluding hydrogens is 324 g/mol. The van der Waals surface area contributed by atoms with Gasteiger partial charge in [0.15, 0.2) is 8.32 Å². The molecule has 1 saturated carbocycles. The Morgan fingerprint density at radius 2 is 1.92 bits per heavy atom. The van der Waals surface area contributed by atoms with Crippen molar-refractivity contribution in [2.75, 3.05) is 0 Å². The molecule has 0 spiro atoms. The summed E-state index contributed by atoms with van der Waals surface area (Å²) < 4.78 is 12.2. The highest BCUT2D eigenvalue weighted by atomic mass is 28.4. The molecule has 0 aromatic carbocycles. The maximum Gasteiger partial charge on any atom is 0.338 e. The van der Waals surface area contributed by atoms with E-state index in [-0.39, 0.29) is 47.2 Å². The van der Waals surface area contributed by atoms with E-state index in [1.165, 1.54) is 0 Å². The fraction of sp³-hybridized carbons (Fsp3) is 0.833. The van der Waals surface area contributed by atoms with Crippen LogP contribution in [-0.4, -0.2) is 42.8 Å². The van der Waals surface area contributed by atoms with Gasteiger partial charge in [0.05, 0.1) is 17.8 Å². The maximum atomic E-state index is 12.2. The van der Waals surface area contributed by atoms with Gasteiger partial charge >= 0.3 is 5.97 Å². The molecule has 0 bridgehead atoms. The Balaban J connectivity index is 1.90. The van der Waals surface area contributed by atoms with Crippen LogP contribution in [0.2, 0.25) is 18.1 Å². The molecule has 6 atom stereocenters. The third-order valence-corrected chi connectivity index (χ3v) is 11.2. The van der Waals surface area contributed by atoms with E-state index < -0.39 is 20.4 Å². The molecule has 1 aliphatic heterocycles. The minimum atomic E-state index is -1.96. The van der Waals surface area contributed by atoms with Gasteiger partial charge in [-0.15, -0.1) is 0 Å². The SMILES string of the molecule is C[C@@H]1C2OC(=O)C3=C(O)C[C@H](O)[C@@H](C[C@H]1O[Si](C)(C)C(C)(C)C)[C@H]32. The zero-order valence-corrected chi connectivity index (χ0v) is 16.5.